The van der Waals surface area contributed by atoms with Crippen molar-refractivity contribution in [3.05, 3.63) is 29.8 Å². The molecule has 0 saturated carbocycles. The number of hydrogen-bond donors (Lipinski definition) is 2. The minimum Gasteiger partial charge on any atom is -0.497 e. The molecule has 2 saturated heterocycles. The molecule has 1 aromatic rings. The fraction of sp³-hybridized carbons (Fsp3) is 0.579. The Morgan fingerprint density at radius 1 is 1.27 bits per heavy atom. The fourth-order valence-corrected chi connectivity index (χ4v) is 3.41. The van der Waals surface area contributed by atoms with Crippen molar-refractivity contribution in [1.82, 2.24) is 15.1 Å². The van der Waals surface area contributed by atoms with Gasteiger partial charge >= 0.3 is 12.1 Å². The van der Waals surface area contributed by atoms with Crippen LogP contribution in [0.3, 0.4) is 0 Å². The molecule has 0 aliphatic carbocycles. The molecule has 0 unspecified atom stereocenters. The van der Waals surface area contributed by atoms with E-state index in [1.807, 2.05) is 12.1 Å². The minimum absolute atomic E-state index is 0.0688. The second-order valence-electron chi connectivity index (χ2n) is 6.97. The van der Waals surface area contributed by atoms with Gasteiger partial charge in [0.15, 0.2) is 0 Å². The summed E-state index contributed by atoms with van der Waals surface area (Å²) in [6.45, 7) is 4.74. The van der Waals surface area contributed by atoms with E-state index in [9.17, 15) is 18.0 Å². The lowest BCUT2D eigenvalue weighted by molar-refractivity contribution is -0.192. The summed E-state index contributed by atoms with van der Waals surface area (Å²) in [4.78, 5) is 25.2. The zero-order chi connectivity index (χ0) is 22.3. The highest BCUT2D eigenvalue weighted by Gasteiger charge is 2.40. The minimum atomic E-state index is -5.08. The van der Waals surface area contributed by atoms with Crippen molar-refractivity contribution in [2.75, 3.05) is 46.9 Å². The number of likely N-dealkylation sites (N-methyl/N-ethyl adjacent to an activating group) is 1. The number of carboxylic acid groups (broad SMARTS) is 1. The average Bonchev–Trinajstić information content (AvgIpc) is 3.11. The number of halogens is 3. The van der Waals surface area contributed by atoms with Gasteiger partial charge in [0.2, 0.25) is 5.91 Å². The summed E-state index contributed by atoms with van der Waals surface area (Å²) in [6.07, 6.45) is -4.88. The molecule has 2 atom stereocenters. The maximum Gasteiger partial charge on any atom is 0.490 e. The summed E-state index contributed by atoms with van der Waals surface area (Å²) in [5, 5.41) is 9.83. The van der Waals surface area contributed by atoms with Crippen LogP contribution in [0.15, 0.2) is 24.3 Å². The summed E-state index contributed by atoms with van der Waals surface area (Å²) in [6, 6.07) is 8.49. The Kier molecular flexibility index (Phi) is 8.44. The van der Waals surface area contributed by atoms with Crippen LogP contribution in [0.25, 0.3) is 0 Å². The van der Waals surface area contributed by atoms with E-state index in [0.29, 0.717) is 19.2 Å². The van der Waals surface area contributed by atoms with Crippen LogP contribution < -0.4 is 10.1 Å². The number of hydrogen-bond acceptors (Lipinski definition) is 6. The Morgan fingerprint density at radius 3 is 2.43 bits per heavy atom. The molecule has 0 aromatic heterocycles. The summed E-state index contributed by atoms with van der Waals surface area (Å²) in [5.41, 5.74) is 1.27. The van der Waals surface area contributed by atoms with Crippen LogP contribution in [-0.2, 0) is 20.9 Å². The molecule has 2 aliphatic rings. The third kappa shape index (κ3) is 6.85. The Hall–Kier alpha value is -2.37. The highest BCUT2D eigenvalue weighted by molar-refractivity contribution is 5.77. The molecule has 2 heterocycles. The number of carboxylic acids is 1. The van der Waals surface area contributed by atoms with Crippen LogP contribution in [0.1, 0.15) is 5.56 Å². The number of aliphatic carboxylic acids is 1. The van der Waals surface area contributed by atoms with Gasteiger partial charge in [0.05, 0.1) is 32.4 Å². The quantitative estimate of drug-likeness (QED) is 0.715. The lowest BCUT2D eigenvalue weighted by atomic mass is 10.1. The van der Waals surface area contributed by atoms with Crippen LogP contribution >= 0.6 is 0 Å². The van der Waals surface area contributed by atoms with Crippen molar-refractivity contribution in [2.24, 2.45) is 0 Å². The number of carbonyl (C=O) groups excluding carboxylic acids is 1. The van der Waals surface area contributed by atoms with Gasteiger partial charge in [-0.2, -0.15) is 13.2 Å². The van der Waals surface area contributed by atoms with Gasteiger partial charge in [0, 0.05) is 33.2 Å². The molecule has 2 fully saturated rings. The monoisotopic (exact) mass is 433 g/mol. The molecule has 2 aliphatic heterocycles. The van der Waals surface area contributed by atoms with E-state index in [2.05, 4.69) is 27.2 Å². The molecule has 1 aromatic carbocycles. The smallest absolute Gasteiger partial charge is 0.490 e. The molecule has 30 heavy (non-hydrogen) atoms. The zero-order valence-corrected chi connectivity index (χ0v) is 16.8. The predicted molar refractivity (Wildman–Crippen MR) is 101 cm³/mol. The van der Waals surface area contributed by atoms with E-state index in [4.69, 9.17) is 19.4 Å². The molecule has 2 N–H and O–H groups in total. The van der Waals surface area contributed by atoms with Crippen molar-refractivity contribution in [3.8, 4) is 5.75 Å². The van der Waals surface area contributed by atoms with Gasteiger partial charge in [0.25, 0.3) is 0 Å². The van der Waals surface area contributed by atoms with Crippen molar-refractivity contribution in [3.63, 3.8) is 0 Å². The van der Waals surface area contributed by atoms with Crippen LogP contribution in [0.5, 0.6) is 5.75 Å². The number of methoxy groups -OCH3 is 1. The number of nitrogens with zero attached hydrogens (tertiary/aromatic N) is 2. The Balaban J connectivity index is 0.000000396. The Labute approximate surface area is 172 Å². The summed E-state index contributed by atoms with van der Waals surface area (Å²) >= 11 is 0. The van der Waals surface area contributed by atoms with Gasteiger partial charge in [-0.1, -0.05) is 12.1 Å². The second kappa shape index (κ2) is 10.6. The molecule has 1 amide bonds. The second-order valence-corrected chi connectivity index (χ2v) is 6.97. The van der Waals surface area contributed by atoms with Crippen LogP contribution in [0, 0.1) is 0 Å². The lowest BCUT2D eigenvalue weighted by Gasteiger charge is -2.36. The highest BCUT2D eigenvalue weighted by atomic mass is 19.4. The number of amides is 1. The molecule has 0 bridgehead atoms. The van der Waals surface area contributed by atoms with Crippen LogP contribution in [0.2, 0.25) is 0 Å². The molecule has 8 nitrogen and oxygen atoms in total. The van der Waals surface area contributed by atoms with Gasteiger partial charge in [-0.25, -0.2) is 4.79 Å². The van der Waals surface area contributed by atoms with Gasteiger partial charge in [-0.15, -0.1) is 0 Å². The van der Waals surface area contributed by atoms with E-state index in [-0.39, 0.29) is 12.0 Å². The lowest BCUT2D eigenvalue weighted by Crippen LogP contribution is -2.53. The number of alkyl halides is 3. The van der Waals surface area contributed by atoms with E-state index < -0.39 is 12.1 Å². The standard InChI is InChI=1S/C17H25N3O3.C2HF3O2/c1-18-17(21)12-20-7-8-23-16-11-19(10-15(16)20)9-13-3-5-14(22-2)6-4-13;3-2(4,5)1(6)7/h3-6,15-16H,7-12H2,1-2H3,(H,18,21);(H,6,7)/t15-,16+;/m1./s1. The van der Waals surface area contributed by atoms with Gasteiger partial charge < -0.3 is 19.9 Å². The number of fused-ring (bicyclic) bond motifs is 1. The number of benzene rings is 1. The number of nitrogens with one attached hydrogen (secondary N) is 1. The number of carbonyl (C=O) groups is 2. The SMILES string of the molecule is CNC(=O)CN1CCO[C@H]2CN(Cc3ccc(OC)cc3)C[C@H]21.O=C(O)C(F)(F)F. The molecule has 3 rings (SSSR count). The van der Waals surface area contributed by atoms with E-state index >= 15 is 0 Å². The predicted octanol–water partition coefficient (Wildman–Crippen LogP) is 0.960. The Morgan fingerprint density at radius 2 is 1.90 bits per heavy atom. The molecule has 0 spiro atoms. The van der Waals surface area contributed by atoms with Crippen molar-refractivity contribution in [2.45, 2.75) is 24.9 Å². The molecular formula is C19H26F3N3O5. The first kappa shape index (κ1) is 23.9. The third-order valence-corrected chi connectivity index (χ3v) is 4.93. The molecule has 0 radical (unpaired) electrons. The first-order chi connectivity index (χ1) is 14.1. The third-order valence-electron chi connectivity index (χ3n) is 4.93. The maximum atomic E-state index is 11.7. The average molecular weight is 433 g/mol. The summed E-state index contributed by atoms with van der Waals surface area (Å²) in [5.74, 6) is -1.81. The number of rotatable bonds is 5. The number of likely N-dealkylation sites (tertiary alicyclic amines) is 1. The number of morpholine rings is 1. The van der Waals surface area contributed by atoms with Crippen molar-refractivity contribution < 1.29 is 37.3 Å². The maximum absolute atomic E-state index is 11.7. The topological polar surface area (TPSA) is 91.3 Å². The fourth-order valence-electron chi connectivity index (χ4n) is 3.41. The van der Waals surface area contributed by atoms with E-state index in [1.54, 1.807) is 14.2 Å². The summed E-state index contributed by atoms with van der Waals surface area (Å²) < 4.78 is 42.9. The zero-order valence-electron chi connectivity index (χ0n) is 16.8. The normalized spacial score (nSPS) is 21.9. The van der Waals surface area contributed by atoms with Gasteiger partial charge in [0.1, 0.15) is 5.75 Å². The first-order valence-electron chi connectivity index (χ1n) is 9.35. The van der Waals surface area contributed by atoms with E-state index in [0.717, 1.165) is 31.9 Å². The van der Waals surface area contributed by atoms with Crippen molar-refractivity contribution in [1.29, 1.82) is 0 Å². The molecule has 168 valence electrons. The first-order valence-corrected chi connectivity index (χ1v) is 9.35. The highest BCUT2D eigenvalue weighted by Crippen LogP contribution is 2.24. The Bertz CT molecular complexity index is 714. The largest absolute Gasteiger partial charge is 0.497 e. The van der Waals surface area contributed by atoms with Crippen LogP contribution in [0.4, 0.5) is 13.2 Å². The van der Waals surface area contributed by atoms with Gasteiger partial charge in [-0.3, -0.25) is 14.6 Å². The van der Waals surface area contributed by atoms with Crippen LogP contribution in [-0.4, -0.2) is 92.0 Å². The molecule has 11 heteroatoms. The summed E-state index contributed by atoms with van der Waals surface area (Å²) in [7, 11) is 3.36. The van der Waals surface area contributed by atoms with E-state index in [1.165, 1.54) is 5.56 Å². The van der Waals surface area contributed by atoms with Gasteiger partial charge in [-0.05, 0) is 17.7 Å². The van der Waals surface area contributed by atoms with Crippen molar-refractivity contribution >= 4 is 11.9 Å². The number of ether oxygens (including phenoxy) is 2. The molecular weight excluding hydrogens is 407 g/mol.